The Bertz CT molecular complexity index is 445. The largest absolute Gasteiger partial charge is 1.00 e. The number of hydrogen-bond acceptors (Lipinski definition) is 2. The van der Waals surface area contributed by atoms with Crippen LogP contribution in [0.1, 0.15) is 54.5 Å². The first-order valence-electron chi connectivity index (χ1n) is 6.24. The van der Waals surface area contributed by atoms with Gasteiger partial charge in [-0.2, -0.15) is 0 Å². The first-order valence-corrected chi connectivity index (χ1v) is 7.05. The molecule has 0 unspecified atom stereocenters. The van der Waals surface area contributed by atoms with Crippen LogP contribution in [0.4, 0.5) is 0 Å². The molecule has 1 fully saturated rings. The van der Waals surface area contributed by atoms with Gasteiger partial charge in [-0.3, -0.25) is 0 Å². The van der Waals surface area contributed by atoms with Crippen molar-refractivity contribution >= 4 is 29.2 Å². The van der Waals surface area contributed by atoms with E-state index in [1.807, 2.05) is 6.07 Å². The Hall–Kier alpha value is 0.270. The Labute approximate surface area is 145 Å². The molecule has 98 valence electrons. The van der Waals surface area contributed by atoms with Crippen LogP contribution >= 0.6 is 23.2 Å². The van der Waals surface area contributed by atoms with E-state index < -0.39 is 11.3 Å². The number of carboxylic acid groups (broad SMARTS) is 1. The predicted octanol–water partition coefficient (Wildman–Crippen LogP) is 0.421. The van der Waals surface area contributed by atoms with Crippen molar-refractivity contribution in [3.05, 3.63) is 34.3 Å². The number of alkyl halides is 1. The van der Waals surface area contributed by atoms with Gasteiger partial charge in [0.05, 0.1) is 11.3 Å². The number of carbonyl (C=O) groups excluding carboxylic acids is 1. The van der Waals surface area contributed by atoms with Gasteiger partial charge in [-0.1, -0.05) is 43.0 Å². The molecule has 0 amide bonds. The third-order valence-electron chi connectivity index (χ3n) is 3.57. The van der Waals surface area contributed by atoms with Crippen LogP contribution < -0.4 is 34.7 Å². The molecule has 0 heterocycles. The van der Waals surface area contributed by atoms with Gasteiger partial charge < -0.3 is 9.90 Å². The number of carboxylic acids is 1. The summed E-state index contributed by atoms with van der Waals surface area (Å²) in [6.45, 7) is 0. The molecule has 0 radical (unpaired) electrons. The van der Waals surface area contributed by atoms with E-state index >= 15 is 0 Å². The van der Waals surface area contributed by atoms with Crippen molar-refractivity contribution in [1.29, 1.82) is 0 Å². The quantitative estimate of drug-likeness (QED) is 0.600. The van der Waals surface area contributed by atoms with E-state index in [0.717, 1.165) is 18.4 Å². The summed E-state index contributed by atoms with van der Waals surface area (Å²) in [5.41, 5.74) is 1.60. The average Bonchev–Trinajstić information content (AvgIpc) is 2.38. The Morgan fingerprint density at radius 3 is 2.42 bits per heavy atom. The van der Waals surface area contributed by atoms with E-state index in [0.29, 0.717) is 16.5 Å². The molecule has 5 heteroatoms. The maximum atomic E-state index is 10.7. The Kier molecular flexibility index (Phi) is 7.20. The van der Waals surface area contributed by atoms with Gasteiger partial charge in [0.15, 0.2) is 0 Å². The summed E-state index contributed by atoms with van der Waals surface area (Å²) in [5, 5.41) is 10.2. The first-order chi connectivity index (χ1) is 8.59. The summed E-state index contributed by atoms with van der Waals surface area (Å²) < 4.78 is 0. The van der Waals surface area contributed by atoms with Gasteiger partial charge in [0.25, 0.3) is 0 Å². The van der Waals surface area contributed by atoms with E-state index in [1.54, 1.807) is 12.1 Å². The molecule has 19 heavy (non-hydrogen) atoms. The molecule has 1 atom stereocenters. The molecule has 0 aliphatic heterocycles. The molecule has 2 nitrogen and oxygen atoms in total. The molecule has 0 aromatic heterocycles. The smallest absolute Gasteiger partial charge is 0.548 e. The number of rotatable bonds is 3. The van der Waals surface area contributed by atoms with Crippen LogP contribution in [0.2, 0.25) is 5.02 Å². The van der Waals surface area contributed by atoms with Crippen LogP contribution in [0.25, 0.3) is 0 Å². The molecule has 1 aliphatic rings. The van der Waals surface area contributed by atoms with Crippen LogP contribution in [0, 0.1) is 0 Å². The van der Waals surface area contributed by atoms with Gasteiger partial charge >= 0.3 is 29.6 Å². The molecule has 0 N–H and O–H groups in total. The number of hydrogen-bond donors (Lipinski definition) is 0. The zero-order valence-electron chi connectivity index (χ0n) is 11.0. The van der Waals surface area contributed by atoms with E-state index in [4.69, 9.17) is 23.2 Å². The third kappa shape index (κ3) is 4.37. The number of halogens is 2. The summed E-state index contributed by atoms with van der Waals surface area (Å²) >= 11 is 12.0. The Morgan fingerprint density at radius 1 is 1.26 bits per heavy atom. The van der Waals surface area contributed by atoms with Gasteiger partial charge in [-0.05, 0) is 36.0 Å². The second-order valence-corrected chi connectivity index (χ2v) is 5.64. The summed E-state index contributed by atoms with van der Waals surface area (Å²) in [7, 11) is 0. The maximum Gasteiger partial charge on any atom is 1.00 e. The van der Waals surface area contributed by atoms with E-state index in [9.17, 15) is 9.90 Å². The van der Waals surface area contributed by atoms with E-state index in [1.165, 1.54) is 19.3 Å². The monoisotopic (exact) mass is 308 g/mol. The number of benzene rings is 1. The zero-order chi connectivity index (χ0) is 13.1. The fraction of sp³-hybridized carbons (Fsp3) is 0.500. The molecule has 1 aromatic carbocycles. The molecule has 1 saturated carbocycles. The van der Waals surface area contributed by atoms with Crippen LogP contribution in [0.5, 0.6) is 0 Å². The summed E-state index contributed by atoms with van der Waals surface area (Å²) in [5.74, 6) is -0.796. The van der Waals surface area contributed by atoms with Crippen LogP contribution in [0.3, 0.4) is 0 Å². The molecule has 1 aromatic rings. The van der Waals surface area contributed by atoms with Gasteiger partial charge in [-0.25, -0.2) is 0 Å². The van der Waals surface area contributed by atoms with Crippen molar-refractivity contribution < 1.29 is 39.5 Å². The van der Waals surface area contributed by atoms with Crippen LogP contribution in [-0.4, -0.2) is 5.97 Å². The molecule has 0 saturated heterocycles. The third-order valence-corrected chi connectivity index (χ3v) is 4.33. The van der Waals surface area contributed by atoms with Gasteiger partial charge in [-0.15, -0.1) is 11.6 Å². The van der Waals surface area contributed by atoms with Crippen molar-refractivity contribution in [2.75, 3.05) is 0 Å². The standard InChI is InChI=1S/C14H16Cl2O2.Na/c15-12-8-10(13(16)14(17)18)6-7-11(12)9-4-2-1-3-5-9;/h6-9,13H,1-5H2,(H,17,18);/q;+1/p-1/t13-;/m0./s1. The van der Waals surface area contributed by atoms with Gasteiger partial charge in [0.2, 0.25) is 0 Å². The molecular formula is C14H15Cl2NaO2. The maximum absolute atomic E-state index is 10.7. The van der Waals surface area contributed by atoms with Crippen molar-refractivity contribution in [3.63, 3.8) is 0 Å². The van der Waals surface area contributed by atoms with E-state index in [-0.39, 0.29) is 29.6 Å². The first kappa shape index (κ1) is 17.3. The van der Waals surface area contributed by atoms with Crippen LogP contribution in [0.15, 0.2) is 18.2 Å². The topological polar surface area (TPSA) is 40.1 Å². The van der Waals surface area contributed by atoms with Crippen molar-refractivity contribution in [2.24, 2.45) is 0 Å². The second-order valence-electron chi connectivity index (χ2n) is 4.80. The summed E-state index contributed by atoms with van der Waals surface area (Å²) in [4.78, 5) is 10.7. The van der Waals surface area contributed by atoms with Crippen LogP contribution in [-0.2, 0) is 4.79 Å². The minimum atomic E-state index is -1.29. The Morgan fingerprint density at radius 2 is 1.89 bits per heavy atom. The fourth-order valence-corrected chi connectivity index (χ4v) is 3.06. The summed E-state index contributed by atoms with van der Waals surface area (Å²) in [6.07, 6.45) is 6.08. The number of carbonyl (C=O) groups is 1. The van der Waals surface area contributed by atoms with Crippen molar-refractivity contribution in [1.82, 2.24) is 0 Å². The molecular weight excluding hydrogens is 294 g/mol. The minimum Gasteiger partial charge on any atom is -0.548 e. The van der Waals surface area contributed by atoms with E-state index in [2.05, 4.69) is 0 Å². The van der Waals surface area contributed by atoms with Gasteiger partial charge in [0.1, 0.15) is 0 Å². The van der Waals surface area contributed by atoms with Crippen molar-refractivity contribution in [2.45, 2.75) is 43.4 Å². The minimum absolute atomic E-state index is 0. The summed E-state index contributed by atoms with van der Waals surface area (Å²) in [6, 6.07) is 5.30. The molecule has 0 bridgehead atoms. The number of aliphatic carboxylic acids is 1. The second kappa shape index (κ2) is 7.90. The Balaban J connectivity index is 0.00000180. The van der Waals surface area contributed by atoms with Gasteiger partial charge in [0, 0.05) is 5.02 Å². The molecule has 2 rings (SSSR count). The fourth-order valence-electron chi connectivity index (χ4n) is 2.58. The van der Waals surface area contributed by atoms with Crippen molar-refractivity contribution in [3.8, 4) is 0 Å². The zero-order valence-corrected chi connectivity index (χ0v) is 14.5. The SMILES string of the molecule is O=C([O-])[C@@H](Cl)c1ccc(C2CCCCC2)c(Cl)c1.[Na+]. The predicted molar refractivity (Wildman–Crippen MR) is 70.9 cm³/mol. The molecule has 1 aliphatic carbocycles. The average molecular weight is 309 g/mol. The molecule has 0 spiro atoms. The normalized spacial score (nSPS) is 17.6.